The maximum Gasteiger partial charge on any atom is 0.129 e. The van der Waals surface area contributed by atoms with E-state index < -0.39 is 17.7 Å². The molecule has 0 fully saturated rings. The lowest BCUT2D eigenvalue weighted by Crippen LogP contribution is -2.05. The molecule has 2 nitrogen and oxygen atoms in total. The third kappa shape index (κ3) is 3.33. The van der Waals surface area contributed by atoms with Gasteiger partial charge in [0.05, 0.1) is 12.7 Å². The van der Waals surface area contributed by atoms with Gasteiger partial charge in [-0.3, -0.25) is 0 Å². The second-order valence-corrected chi connectivity index (χ2v) is 4.42. The summed E-state index contributed by atoms with van der Waals surface area (Å²) in [5, 5.41) is 10.1. The van der Waals surface area contributed by atoms with Crippen molar-refractivity contribution in [3.05, 3.63) is 65.2 Å². The van der Waals surface area contributed by atoms with Gasteiger partial charge in [-0.2, -0.15) is 0 Å². The first-order valence-electron chi connectivity index (χ1n) is 6.45. The molecule has 20 heavy (non-hydrogen) atoms. The Bertz CT molecular complexity index is 547. The molecule has 0 saturated heterocycles. The lowest BCUT2D eigenvalue weighted by molar-refractivity contribution is 0.175. The van der Waals surface area contributed by atoms with Crippen molar-refractivity contribution in [1.29, 1.82) is 0 Å². The van der Waals surface area contributed by atoms with E-state index in [1.807, 2.05) is 6.92 Å². The van der Waals surface area contributed by atoms with E-state index in [4.69, 9.17) is 4.74 Å². The minimum Gasteiger partial charge on any atom is -0.494 e. The summed E-state index contributed by atoms with van der Waals surface area (Å²) >= 11 is 0. The fourth-order valence-electron chi connectivity index (χ4n) is 1.99. The third-order valence-corrected chi connectivity index (χ3v) is 3.04. The molecule has 4 heteroatoms. The number of hydrogen-bond acceptors (Lipinski definition) is 2. The molecule has 2 aromatic carbocycles. The highest BCUT2D eigenvalue weighted by Gasteiger charge is 2.15. The van der Waals surface area contributed by atoms with Crippen molar-refractivity contribution in [1.82, 2.24) is 0 Å². The molecule has 0 heterocycles. The summed E-state index contributed by atoms with van der Waals surface area (Å²) in [5.41, 5.74) is 0.491. The van der Waals surface area contributed by atoms with Crippen molar-refractivity contribution in [2.45, 2.75) is 19.4 Å². The number of hydrogen-bond donors (Lipinski definition) is 1. The van der Waals surface area contributed by atoms with Gasteiger partial charge in [0.25, 0.3) is 0 Å². The van der Waals surface area contributed by atoms with Crippen LogP contribution in [-0.4, -0.2) is 11.7 Å². The standard InChI is InChI=1S/C16H16F2O2/c1-2-20-12-8-6-11(7-9-12)16(19)10-13-14(17)4-3-5-15(13)18/h3-9,16,19H,2,10H2,1H3. The summed E-state index contributed by atoms with van der Waals surface area (Å²) in [4.78, 5) is 0. The fourth-order valence-corrected chi connectivity index (χ4v) is 1.99. The van der Waals surface area contributed by atoms with E-state index in [0.29, 0.717) is 17.9 Å². The van der Waals surface area contributed by atoms with Crippen LogP contribution in [0.2, 0.25) is 0 Å². The molecule has 0 aliphatic heterocycles. The first kappa shape index (κ1) is 14.5. The van der Waals surface area contributed by atoms with E-state index in [1.54, 1.807) is 24.3 Å². The third-order valence-electron chi connectivity index (χ3n) is 3.04. The predicted molar refractivity (Wildman–Crippen MR) is 72.6 cm³/mol. The molecule has 0 aliphatic rings. The molecule has 0 spiro atoms. The highest BCUT2D eigenvalue weighted by Crippen LogP contribution is 2.23. The van der Waals surface area contributed by atoms with Gasteiger partial charge in [0, 0.05) is 12.0 Å². The minimum atomic E-state index is -0.961. The van der Waals surface area contributed by atoms with Gasteiger partial charge < -0.3 is 9.84 Å². The summed E-state index contributed by atoms with van der Waals surface area (Å²) in [6, 6.07) is 10.5. The van der Waals surface area contributed by atoms with Crippen molar-refractivity contribution < 1.29 is 18.6 Å². The Labute approximate surface area is 116 Å². The minimum absolute atomic E-state index is 0.103. The zero-order chi connectivity index (χ0) is 14.5. The Balaban J connectivity index is 2.13. The van der Waals surface area contributed by atoms with Gasteiger partial charge in [-0.15, -0.1) is 0 Å². The maximum absolute atomic E-state index is 13.5. The molecule has 106 valence electrons. The Hall–Kier alpha value is -1.94. The first-order chi connectivity index (χ1) is 9.61. The monoisotopic (exact) mass is 278 g/mol. The maximum atomic E-state index is 13.5. The molecule has 0 bridgehead atoms. The molecule has 2 rings (SSSR count). The Morgan fingerprint density at radius 2 is 1.65 bits per heavy atom. The number of rotatable bonds is 5. The molecule has 1 N–H and O–H groups in total. The molecule has 0 saturated carbocycles. The number of benzene rings is 2. The van der Waals surface area contributed by atoms with Gasteiger partial charge in [-0.25, -0.2) is 8.78 Å². The van der Waals surface area contributed by atoms with Crippen LogP contribution in [0.1, 0.15) is 24.2 Å². The lowest BCUT2D eigenvalue weighted by atomic mass is 10.0. The molecular weight excluding hydrogens is 262 g/mol. The number of aliphatic hydroxyl groups excluding tert-OH is 1. The average Bonchev–Trinajstić information content (AvgIpc) is 2.44. The van der Waals surface area contributed by atoms with E-state index in [2.05, 4.69) is 0 Å². The van der Waals surface area contributed by atoms with Crippen molar-refractivity contribution >= 4 is 0 Å². The van der Waals surface area contributed by atoms with Crippen molar-refractivity contribution in [3.8, 4) is 5.75 Å². The van der Waals surface area contributed by atoms with Gasteiger partial charge in [0.15, 0.2) is 0 Å². The summed E-state index contributed by atoms with van der Waals surface area (Å²) < 4.78 is 32.3. The number of ether oxygens (including phenoxy) is 1. The van der Waals surface area contributed by atoms with Crippen LogP contribution in [0.5, 0.6) is 5.75 Å². The Morgan fingerprint density at radius 1 is 1.05 bits per heavy atom. The fraction of sp³-hybridized carbons (Fsp3) is 0.250. The molecule has 0 amide bonds. The van der Waals surface area contributed by atoms with E-state index in [9.17, 15) is 13.9 Å². The largest absolute Gasteiger partial charge is 0.494 e. The summed E-state index contributed by atoms with van der Waals surface area (Å²) in [5.74, 6) is -0.592. The molecule has 2 aromatic rings. The van der Waals surface area contributed by atoms with Crippen LogP contribution in [0.4, 0.5) is 8.78 Å². The summed E-state index contributed by atoms with van der Waals surface area (Å²) in [6.07, 6.45) is -1.07. The molecule has 1 unspecified atom stereocenters. The van der Waals surface area contributed by atoms with Crippen LogP contribution in [0, 0.1) is 11.6 Å². The van der Waals surface area contributed by atoms with Crippen LogP contribution in [0.25, 0.3) is 0 Å². The SMILES string of the molecule is CCOc1ccc(C(O)Cc2c(F)cccc2F)cc1. The average molecular weight is 278 g/mol. The van der Waals surface area contributed by atoms with Crippen molar-refractivity contribution in [2.75, 3.05) is 6.61 Å². The Kier molecular flexibility index (Phi) is 4.69. The summed E-state index contributed by atoms with van der Waals surface area (Å²) in [7, 11) is 0. The Morgan fingerprint density at radius 3 is 2.20 bits per heavy atom. The first-order valence-corrected chi connectivity index (χ1v) is 6.45. The molecule has 0 radical (unpaired) electrons. The van der Waals surface area contributed by atoms with Gasteiger partial charge >= 0.3 is 0 Å². The highest BCUT2D eigenvalue weighted by molar-refractivity contribution is 5.30. The zero-order valence-corrected chi connectivity index (χ0v) is 11.1. The molecule has 0 aromatic heterocycles. The van der Waals surface area contributed by atoms with Gasteiger partial charge in [-0.05, 0) is 36.8 Å². The molecule has 0 aliphatic carbocycles. The van der Waals surface area contributed by atoms with E-state index in [-0.39, 0.29) is 12.0 Å². The highest BCUT2D eigenvalue weighted by atomic mass is 19.1. The van der Waals surface area contributed by atoms with E-state index in [1.165, 1.54) is 18.2 Å². The lowest BCUT2D eigenvalue weighted by Gasteiger charge is -2.13. The zero-order valence-electron chi connectivity index (χ0n) is 11.1. The molecule has 1 atom stereocenters. The van der Waals surface area contributed by atoms with E-state index >= 15 is 0 Å². The smallest absolute Gasteiger partial charge is 0.129 e. The predicted octanol–water partition coefficient (Wildman–Crippen LogP) is 3.64. The van der Waals surface area contributed by atoms with Gasteiger partial charge in [0.1, 0.15) is 17.4 Å². The van der Waals surface area contributed by atoms with Crippen molar-refractivity contribution in [2.24, 2.45) is 0 Å². The second-order valence-electron chi connectivity index (χ2n) is 4.42. The topological polar surface area (TPSA) is 29.5 Å². The van der Waals surface area contributed by atoms with Crippen LogP contribution in [-0.2, 0) is 6.42 Å². The van der Waals surface area contributed by atoms with Crippen LogP contribution < -0.4 is 4.74 Å². The van der Waals surface area contributed by atoms with Crippen molar-refractivity contribution in [3.63, 3.8) is 0 Å². The van der Waals surface area contributed by atoms with Gasteiger partial charge in [-0.1, -0.05) is 18.2 Å². The van der Waals surface area contributed by atoms with Crippen LogP contribution >= 0.6 is 0 Å². The molecular formula is C16H16F2O2. The number of halogens is 2. The van der Waals surface area contributed by atoms with Crippen LogP contribution in [0.15, 0.2) is 42.5 Å². The second kappa shape index (κ2) is 6.48. The summed E-state index contributed by atoms with van der Waals surface area (Å²) in [6.45, 7) is 2.44. The quantitative estimate of drug-likeness (QED) is 0.904. The number of aliphatic hydroxyl groups is 1. The van der Waals surface area contributed by atoms with Gasteiger partial charge in [0.2, 0.25) is 0 Å². The van der Waals surface area contributed by atoms with Crippen LogP contribution in [0.3, 0.4) is 0 Å². The van der Waals surface area contributed by atoms with E-state index in [0.717, 1.165) is 0 Å². The normalized spacial score (nSPS) is 12.2.